The normalized spacial score (nSPS) is 63.7. The Labute approximate surface area is 92.6 Å². The second kappa shape index (κ2) is 2.46. The van der Waals surface area contributed by atoms with Crippen LogP contribution in [0.25, 0.3) is 0 Å². The van der Waals surface area contributed by atoms with E-state index in [9.17, 15) is 0 Å². The highest BCUT2D eigenvalue weighted by atomic mass is 35.7. The number of hydrogen-bond donors (Lipinski definition) is 0. The van der Waals surface area contributed by atoms with Crippen molar-refractivity contribution in [1.82, 2.24) is 0 Å². The van der Waals surface area contributed by atoms with Gasteiger partial charge in [-0.1, -0.05) is 29.8 Å². The summed E-state index contributed by atoms with van der Waals surface area (Å²) >= 11 is 0. The molecule has 0 aromatic heterocycles. The van der Waals surface area contributed by atoms with Crippen LogP contribution in [0.1, 0.15) is 33.1 Å². The number of halogens is 1. The molecule has 1 nitrogen and oxygen atoms in total. The van der Waals surface area contributed by atoms with Gasteiger partial charge in [-0.2, -0.15) is 0 Å². The van der Waals surface area contributed by atoms with Gasteiger partial charge < -0.3 is 4.18 Å². The first-order valence-electron chi connectivity index (χ1n) is 5.53. The molecule has 1 aliphatic heterocycles. The quantitative estimate of drug-likeness (QED) is 0.621. The molecule has 1 heterocycles. The van der Waals surface area contributed by atoms with Gasteiger partial charge in [0.2, 0.25) is 0 Å². The molecule has 0 aromatic carbocycles. The third-order valence-corrected chi connectivity index (χ3v) is 7.26. The van der Waals surface area contributed by atoms with Gasteiger partial charge in [-0.05, 0) is 34.9 Å². The molecule has 3 aliphatic rings. The van der Waals surface area contributed by atoms with Crippen LogP contribution in [0.5, 0.6) is 0 Å². The van der Waals surface area contributed by atoms with Crippen LogP contribution in [0.4, 0.5) is 0 Å². The average Bonchev–Trinajstić information content (AvgIpc) is 2.32. The molecule has 2 aliphatic carbocycles. The first-order chi connectivity index (χ1) is 6.39. The summed E-state index contributed by atoms with van der Waals surface area (Å²) in [5.41, 5.74) is 0.928. The lowest BCUT2D eigenvalue weighted by Crippen LogP contribution is -2.67. The summed E-state index contributed by atoms with van der Waals surface area (Å²) in [4.78, 5) is 0. The van der Waals surface area contributed by atoms with Gasteiger partial charge in [0.25, 0.3) is 0 Å². The molecule has 1 spiro atoms. The molecule has 2 bridgehead atoms. The van der Waals surface area contributed by atoms with Gasteiger partial charge in [-0.15, -0.1) is 0 Å². The van der Waals surface area contributed by atoms with Crippen LogP contribution < -0.4 is 0 Å². The summed E-state index contributed by atoms with van der Waals surface area (Å²) in [6.45, 7) is 4.85. The minimum Gasteiger partial charge on any atom is -0.319 e. The van der Waals surface area contributed by atoms with Gasteiger partial charge in [0, 0.05) is 17.4 Å². The highest BCUT2D eigenvalue weighted by Crippen LogP contribution is 2.80. The van der Waals surface area contributed by atoms with E-state index in [1.165, 1.54) is 19.3 Å². The molecule has 1 saturated heterocycles. The molecule has 3 fully saturated rings. The molecule has 2 saturated carbocycles. The van der Waals surface area contributed by atoms with E-state index in [1.807, 2.05) is 0 Å². The Morgan fingerprint density at radius 1 is 1.43 bits per heavy atom. The van der Waals surface area contributed by atoms with Crippen molar-refractivity contribution in [3.63, 3.8) is 0 Å². The molecule has 3 heteroatoms. The number of rotatable bonds is 0. The van der Waals surface area contributed by atoms with Crippen molar-refractivity contribution >= 4 is 20.2 Å². The van der Waals surface area contributed by atoms with Crippen molar-refractivity contribution in [2.45, 2.75) is 39.2 Å². The summed E-state index contributed by atoms with van der Waals surface area (Å²) in [6.07, 6.45) is 6.71. The molecule has 4 unspecified atom stereocenters. The molecule has 0 N–H and O–H groups in total. The van der Waals surface area contributed by atoms with Crippen molar-refractivity contribution in [2.24, 2.45) is 16.7 Å². The molecule has 0 aromatic rings. The van der Waals surface area contributed by atoms with E-state index >= 15 is 0 Å². The first-order valence-corrected chi connectivity index (χ1v) is 8.49. The third-order valence-electron chi connectivity index (χ3n) is 5.08. The van der Waals surface area contributed by atoms with Gasteiger partial charge >= 0.3 is 0 Å². The van der Waals surface area contributed by atoms with Gasteiger partial charge in [0.15, 0.2) is 0 Å². The standard InChI is InChI=1S/C11H19ClOS/c1-10(2)8-5-4-6-11(10)7-14(3,12)13-9(8)11/h8-9H,4-7H2,1-3H3. The lowest BCUT2D eigenvalue weighted by molar-refractivity contribution is -0.218. The lowest BCUT2D eigenvalue weighted by atomic mass is 9.39. The Hall–Kier alpha value is 0.600. The summed E-state index contributed by atoms with van der Waals surface area (Å²) in [5.74, 6) is 1.92. The minimum atomic E-state index is -1.24. The van der Waals surface area contributed by atoms with E-state index < -0.39 is 9.52 Å². The molecule has 0 amide bonds. The number of hydrogen-bond acceptors (Lipinski definition) is 1. The van der Waals surface area contributed by atoms with Crippen LogP contribution in [0.2, 0.25) is 0 Å². The van der Waals surface area contributed by atoms with Crippen LogP contribution in [0.15, 0.2) is 0 Å². The summed E-state index contributed by atoms with van der Waals surface area (Å²) in [5, 5.41) is 0. The van der Waals surface area contributed by atoms with E-state index in [1.54, 1.807) is 0 Å². The fraction of sp³-hybridized carbons (Fsp3) is 1.00. The molecule has 4 atom stereocenters. The Balaban J connectivity index is 2.01. The second-order valence-corrected chi connectivity index (χ2v) is 10.2. The second-order valence-electron chi connectivity index (χ2n) is 5.94. The summed E-state index contributed by atoms with van der Waals surface area (Å²) in [7, 11) is 5.20. The largest absolute Gasteiger partial charge is 0.319 e. The van der Waals surface area contributed by atoms with Crippen molar-refractivity contribution < 1.29 is 4.18 Å². The van der Waals surface area contributed by atoms with E-state index in [2.05, 4.69) is 20.1 Å². The van der Waals surface area contributed by atoms with Gasteiger partial charge in [-0.25, -0.2) is 0 Å². The molecule has 14 heavy (non-hydrogen) atoms. The minimum absolute atomic E-state index is 0.446. The average molecular weight is 235 g/mol. The maximum absolute atomic E-state index is 6.45. The summed E-state index contributed by atoms with van der Waals surface area (Å²) in [6, 6.07) is 0. The topological polar surface area (TPSA) is 9.23 Å². The van der Waals surface area contributed by atoms with Crippen LogP contribution in [-0.2, 0) is 4.18 Å². The van der Waals surface area contributed by atoms with Crippen molar-refractivity contribution in [3.8, 4) is 0 Å². The summed E-state index contributed by atoms with van der Waals surface area (Å²) < 4.78 is 6.09. The Kier molecular flexibility index (Phi) is 1.72. The van der Waals surface area contributed by atoms with Crippen LogP contribution in [-0.4, -0.2) is 18.1 Å². The fourth-order valence-electron chi connectivity index (χ4n) is 4.23. The van der Waals surface area contributed by atoms with Crippen LogP contribution in [0.3, 0.4) is 0 Å². The highest BCUT2D eigenvalue weighted by molar-refractivity contribution is 8.47. The Bertz CT molecular complexity index is 289. The maximum atomic E-state index is 6.45. The van der Waals surface area contributed by atoms with Gasteiger partial charge in [0.1, 0.15) is 0 Å². The van der Waals surface area contributed by atoms with Crippen LogP contribution >= 0.6 is 20.2 Å². The monoisotopic (exact) mass is 234 g/mol. The molecular formula is C11H19ClOS. The van der Waals surface area contributed by atoms with E-state index in [-0.39, 0.29) is 0 Å². The van der Waals surface area contributed by atoms with E-state index in [0.717, 1.165) is 11.7 Å². The predicted molar refractivity (Wildman–Crippen MR) is 62.7 cm³/mol. The smallest absolute Gasteiger partial charge is 0.0818 e. The zero-order valence-corrected chi connectivity index (χ0v) is 10.8. The van der Waals surface area contributed by atoms with E-state index in [4.69, 9.17) is 14.9 Å². The van der Waals surface area contributed by atoms with Crippen molar-refractivity contribution in [3.05, 3.63) is 0 Å². The highest BCUT2D eigenvalue weighted by Gasteiger charge is 2.73. The lowest BCUT2D eigenvalue weighted by Gasteiger charge is -2.66. The molecular weight excluding hydrogens is 216 g/mol. The SMILES string of the molecule is CC1(C)C2CCCC13CS(C)(Cl)OC23. The zero-order valence-electron chi connectivity index (χ0n) is 9.18. The zero-order chi connectivity index (χ0) is 10.2. The Morgan fingerprint density at radius 2 is 2.14 bits per heavy atom. The molecule has 3 rings (SSSR count). The molecule has 0 radical (unpaired) electrons. The maximum Gasteiger partial charge on any atom is 0.0818 e. The number of fused-ring (bicyclic) bond motifs is 2. The van der Waals surface area contributed by atoms with E-state index in [0.29, 0.717) is 16.9 Å². The molecule has 82 valence electrons. The van der Waals surface area contributed by atoms with Gasteiger partial charge in [0.05, 0.1) is 6.10 Å². The van der Waals surface area contributed by atoms with Gasteiger partial charge in [-0.3, -0.25) is 0 Å². The fourth-order valence-corrected chi connectivity index (χ4v) is 7.47. The predicted octanol–water partition coefficient (Wildman–Crippen LogP) is 3.71. The van der Waals surface area contributed by atoms with Crippen LogP contribution in [0, 0.1) is 16.7 Å². The Morgan fingerprint density at radius 3 is 2.71 bits per heavy atom. The van der Waals surface area contributed by atoms with Crippen molar-refractivity contribution in [1.29, 1.82) is 0 Å². The van der Waals surface area contributed by atoms with Crippen molar-refractivity contribution in [2.75, 3.05) is 12.0 Å². The third kappa shape index (κ3) is 0.892. The first kappa shape index (κ1) is 9.80.